The summed E-state index contributed by atoms with van der Waals surface area (Å²) in [6, 6.07) is 15.3. The van der Waals surface area contributed by atoms with Crippen LogP contribution in [0.15, 0.2) is 97.0 Å². The molecule has 0 atom stereocenters. The molecular weight excluding hydrogens is 627 g/mol. The summed E-state index contributed by atoms with van der Waals surface area (Å²) in [6.07, 6.45) is 0. The van der Waals surface area contributed by atoms with Gasteiger partial charge in [0.25, 0.3) is 10.1 Å². The van der Waals surface area contributed by atoms with Crippen molar-refractivity contribution in [2.24, 2.45) is 20.5 Å². The Morgan fingerprint density at radius 1 is 0.767 bits per heavy atom. The molecule has 0 amide bonds. The van der Waals surface area contributed by atoms with Crippen LogP contribution in [-0.2, 0) is 34.5 Å². The number of rotatable bonds is 10. The fraction of sp³-hybridized carbons (Fsp3) is 0.120. The first-order valence-corrected chi connectivity index (χ1v) is 16.4. The zero-order chi connectivity index (χ0) is 31.6. The molecule has 18 heteroatoms. The number of anilines is 1. The molecule has 0 aliphatic heterocycles. The molecule has 0 spiro atoms. The second kappa shape index (κ2) is 12.1. The molecule has 4 aromatic rings. The number of phenols is 1. The number of hydrogen-bond acceptors (Lipinski definition) is 13. The molecule has 15 nitrogen and oxygen atoms in total. The van der Waals surface area contributed by atoms with Gasteiger partial charge in [0.1, 0.15) is 22.0 Å². The van der Waals surface area contributed by atoms with Crippen LogP contribution in [0.1, 0.15) is 5.56 Å². The van der Waals surface area contributed by atoms with Crippen molar-refractivity contribution in [3.8, 4) is 5.75 Å². The number of nitrogen functional groups attached to an aromatic ring is 1. The second-order valence-electron chi connectivity index (χ2n) is 8.94. The zero-order valence-corrected chi connectivity index (χ0v) is 24.5. The van der Waals surface area contributed by atoms with Gasteiger partial charge in [0.05, 0.1) is 28.6 Å². The SMILES string of the molecule is Cc1ccc(N=Nc2ccc3c(N=Nc4ccc(S(=O)(=O)CCOS(=O)(=O)O)cc4)c(N)ccc3c2O)c(S(=O)(=O)O)c1. The van der Waals surface area contributed by atoms with E-state index in [2.05, 4.69) is 24.6 Å². The number of nitrogens with two attached hydrogens (primary N) is 1. The summed E-state index contributed by atoms with van der Waals surface area (Å²) in [5.74, 6) is -1.01. The Balaban J connectivity index is 1.60. The first kappa shape index (κ1) is 31.6. The van der Waals surface area contributed by atoms with Crippen LogP contribution in [0.3, 0.4) is 0 Å². The van der Waals surface area contributed by atoms with Crippen molar-refractivity contribution in [3.05, 3.63) is 72.3 Å². The molecule has 0 radical (unpaired) electrons. The molecule has 0 unspecified atom stereocenters. The lowest BCUT2D eigenvalue weighted by Crippen LogP contribution is -2.15. The summed E-state index contributed by atoms with van der Waals surface area (Å²) in [7, 11) is -13.3. The van der Waals surface area contributed by atoms with Gasteiger partial charge in [-0.1, -0.05) is 6.07 Å². The maximum absolute atomic E-state index is 12.4. The van der Waals surface area contributed by atoms with E-state index in [1.807, 2.05) is 0 Å². The fourth-order valence-electron chi connectivity index (χ4n) is 3.78. The minimum atomic E-state index is -4.77. The Kier molecular flexibility index (Phi) is 8.90. The first-order valence-electron chi connectivity index (χ1n) is 12.0. The maximum Gasteiger partial charge on any atom is 0.397 e. The zero-order valence-electron chi connectivity index (χ0n) is 22.1. The highest BCUT2D eigenvalue weighted by Crippen LogP contribution is 2.42. The molecule has 4 aromatic carbocycles. The van der Waals surface area contributed by atoms with E-state index < -0.39 is 47.6 Å². The number of aromatic hydroxyl groups is 1. The number of fused-ring (bicyclic) bond motifs is 1. The molecule has 226 valence electrons. The van der Waals surface area contributed by atoms with Gasteiger partial charge in [-0.25, -0.2) is 12.6 Å². The van der Waals surface area contributed by atoms with Crippen LogP contribution in [-0.4, -0.2) is 51.8 Å². The molecule has 4 rings (SSSR count). The molecule has 0 heterocycles. The van der Waals surface area contributed by atoms with E-state index in [9.17, 15) is 34.9 Å². The Hall–Kier alpha value is -4.33. The second-order valence-corrected chi connectivity index (χ2v) is 13.5. The van der Waals surface area contributed by atoms with Crippen LogP contribution < -0.4 is 5.73 Å². The van der Waals surface area contributed by atoms with Crippen LogP contribution in [0, 0.1) is 6.92 Å². The van der Waals surface area contributed by atoms with Crippen LogP contribution in [0.4, 0.5) is 28.4 Å². The molecular formula is C25H23N5O10S3. The molecule has 0 saturated carbocycles. The summed E-state index contributed by atoms with van der Waals surface area (Å²) in [5, 5.41) is 27.6. The van der Waals surface area contributed by atoms with Gasteiger partial charge in [0.2, 0.25) is 0 Å². The Morgan fingerprint density at radius 2 is 1.40 bits per heavy atom. The van der Waals surface area contributed by atoms with E-state index in [1.54, 1.807) is 13.0 Å². The number of benzene rings is 4. The van der Waals surface area contributed by atoms with Gasteiger partial charge in [-0.15, -0.1) is 15.3 Å². The number of azo groups is 2. The molecule has 0 saturated heterocycles. The fourth-order valence-corrected chi connectivity index (χ4v) is 5.98. The largest absolute Gasteiger partial charge is 0.505 e. The summed E-state index contributed by atoms with van der Waals surface area (Å²) in [4.78, 5) is -0.583. The maximum atomic E-state index is 12.4. The van der Waals surface area contributed by atoms with Gasteiger partial charge >= 0.3 is 10.4 Å². The van der Waals surface area contributed by atoms with E-state index >= 15 is 0 Å². The number of sulfone groups is 1. The smallest absolute Gasteiger partial charge is 0.397 e. The van der Waals surface area contributed by atoms with Crippen molar-refractivity contribution in [3.63, 3.8) is 0 Å². The minimum Gasteiger partial charge on any atom is -0.505 e. The summed E-state index contributed by atoms with van der Waals surface area (Å²) in [6.45, 7) is 0.872. The standard InChI is InChI=1S/C25H23N5O10S3/c1-15-2-10-21(23(14-15)42(34,35)36)28-29-22-11-8-18-19(25(22)31)7-9-20(26)24(18)30-27-16-3-5-17(6-4-16)41(32,33)13-12-40-43(37,38)39/h2-11,14,31H,12-13,26H2,1H3,(H,34,35,36)(H,37,38,39). The molecule has 0 fully saturated rings. The number of phenolic OH excluding ortho intramolecular Hbond substituents is 1. The third kappa shape index (κ3) is 7.74. The van der Waals surface area contributed by atoms with Gasteiger partial charge in [0, 0.05) is 10.8 Å². The van der Waals surface area contributed by atoms with E-state index in [0.717, 1.165) is 0 Å². The van der Waals surface area contributed by atoms with Crippen LogP contribution in [0.2, 0.25) is 0 Å². The van der Waals surface area contributed by atoms with Crippen LogP contribution >= 0.6 is 0 Å². The molecule has 0 aliphatic rings. The van der Waals surface area contributed by atoms with E-state index in [4.69, 9.17) is 10.3 Å². The predicted molar refractivity (Wildman–Crippen MR) is 155 cm³/mol. The normalized spacial score (nSPS) is 12.9. The number of nitrogens with zero attached hydrogens (tertiary/aromatic N) is 4. The number of aryl methyl sites for hydroxylation is 1. The van der Waals surface area contributed by atoms with Crippen LogP contribution in [0.25, 0.3) is 10.8 Å². The van der Waals surface area contributed by atoms with Crippen molar-refractivity contribution >= 4 is 69.6 Å². The highest BCUT2D eigenvalue weighted by Gasteiger charge is 2.18. The minimum absolute atomic E-state index is 0.0131. The summed E-state index contributed by atoms with van der Waals surface area (Å²) < 4.78 is 91.6. The average molecular weight is 650 g/mol. The van der Waals surface area contributed by atoms with Crippen molar-refractivity contribution in [1.82, 2.24) is 0 Å². The Labute approximate surface area is 246 Å². The lowest BCUT2D eigenvalue weighted by atomic mass is 10.1. The number of hydrogen-bond donors (Lipinski definition) is 4. The lowest BCUT2D eigenvalue weighted by Gasteiger charge is -2.08. The van der Waals surface area contributed by atoms with Crippen molar-refractivity contribution in [2.45, 2.75) is 16.7 Å². The topological polar surface area (TPSA) is 248 Å². The Bertz CT molecular complexity index is 2100. The van der Waals surface area contributed by atoms with E-state index in [1.165, 1.54) is 60.7 Å². The highest BCUT2D eigenvalue weighted by atomic mass is 32.3. The van der Waals surface area contributed by atoms with Crippen molar-refractivity contribution < 1.29 is 43.6 Å². The monoisotopic (exact) mass is 649 g/mol. The third-order valence-electron chi connectivity index (χ3n) is 5.86. The molecule has 0 aliphatic carbocycles. The summed E-state index contributed by atoms with van der Waals surface area (Å²) >= 11 is 0. The molecule has 5 N–H and O–H groups in total. The van der Waals surface area contributed by atoms with Crippen molar-refractivity contribution in [2.75, 3.05) is 18.1 Å². The van der Waals surface area contributed by atoms with Gasteiger partial charge in [0.15, 0.2) is 15.6 Å². The predicted octanol–water partition coefficient (Wildman–Crippen LogP) is 5.11. The van der Waals surface area contributed by atoms with E-state index in [0.29, 0.717) is 10.9 Å². The summed E-state index contributed by atoms with van der Waals surface area (Å²) in [5.41, 5.74) is 7.15. The molecule has 0 bridgehead atoms. The lowest BCUT2D eigenvalue weighted by molar-refractivity contribution is 0.284. The highest BCUT2D eigenvalue weighted by molar-refractivity contribution is 7.91. The quantitative estimate of drug-likeness (QED) is 0.0998. The van der Waals surface area contributed by atoms with Gasteiger partial charge in [-0.2, -0.15) is 21.9 Å². The van der Waals surface area contributed by atoms with Gasteiger partial charge in [-0.05, 0) is 73.2 Å². The molecule has 43 heavy (non-hydrogen) atoms. The van der Waals surface area contributed by atoms with Gasteiger partial charge < -0.3 is 10.8 Å². The first-order chi connectivity index (χ1) is 20.0. The van der Waals surface area contributed by atoms with E-state index in [-0.39, 0.29) is 44.5 Å². The van der Waals surface area contributed by atoms with Crippen LogP contribution in [0.5, 0.6) is 5.75 Å². The van der Waals surface area contributed by atoms with Gasteiger partial charge in [-0.3, -0.25) is 9.11 Å². The third-order valence-corrected chi connectivity index (χ3v) is 8.90. The Morgan fingerprint density at radius 3 is 2.05 bits per heavy atom. The van der Waals surface area contributed by atoms with Crippen molar-refractivity contribution in [1.29, 1.82) is 0 Å². The average Bonchev–Trinajstić information content (AvgIpc) is 2.91. The molecule has 0 aromatic heterocycles.